The number of aryl methyl sites for hydroxylation is 1. The summed E-state index contributed by atoms with van der Waals surface area (Å²) in [6.07, 6.45) is 1.77. The van der Waals surface area contributed by atoms with E-state index in [1.165, 1.54) is 12.1 Å². The zero-order valence-electron chi connectivity index (χ0n) is 15.1. The maximum absolute atomic E-state index is 13.0. The van der Waals surface area contributed by atoms with E-state index in [0.717, 1.165) is 15.4 Å². The van der Waals surface area contributed by atoms with Gasteiger partial charge in [-0.3, -0.25) is 4.79 Å². The van der Waals surface area contributed by atoms with Gasteiger partial charge in [0.1, 0.15) is 0 Å². The maximum Gasteiger partial charge on any atom is 0.312 e. The lowest BCUT2D eigenvalue weighted by atomic mass is 10.2. The molecule has 0 N–H and O–H groups in total. The van der Waals surface area contributed by atoms with Gasteiger partial charge in [0.2, 0.25) is 0 Å². The SMILES string of the molecule is C/C=C(\C)CN(C(=O)C#Cc1ccccc1)S(=O)(=O)c1ccc(C)cc1. The zero-order chi connectivity index (χ0) is 19.2. The number of carbonyl (C=O) groups is 1. The van der Waals surface area contributed by atoms with E-state index in [4.69, 9.17) is 0 Å². The van der Waals surface area contributed by atoms with E-state index in [9.17, 15) is 13.2 Å². The Bertz CT molecular complexity index is 963. The molecule has 2 aromatic carbocycles. The Morgan fingerprint density at radius 3 is 2.27 bits per heavy atom. The number of rotatable bonds is 4. The summed E-state index contributed by atoms with van der Waals surface area (Å²) in [5.74, 6) is 4.42. The molecular formula is C21H21NO3S. The topological polar surface area (TPSA) is 54.5 Å². The first-order valence-corrected chi connectivity index (χ1v) is 9.61. The highest BCUT2D eigenvalue weighted by Gasteiger charge is 2.28. The first-order valence-electron chi connectivity index (χ1n) is 8.17. The summed E-state index contributed by atoms with van der Waals surface area (Å²) in [7, 11) is -3.99. The largest absolute Gasteiger partial charge is 0.312 e. The average molecular weight is 367 g/mol. The lowest BCUT2D eigenvalue weighted by molar-refractivity contribution is -0.120. The van der Waals surface area contributed by atoms with Gasteiger partial charge < -0.3 is 0 Å². The van der Waals surface area contributed by atoms with E-state index in [2.05, 4.69) is 11.8 Å². The second-order valence-electron chi connectivity index (χ2n) is 5.88. The highest BCUT2D eigenvalue weighted by Crippen LogP contribution is 2.18. The molecule has 0 saturated heterocycles. The van der Waals surface area contributed by atoms with E-state index < -0.39 is 15.9 Å². The smallest absolute Gasteiger partial charge is 0.258 e. The van der Waals surface area contributed by atoms with Gasteiger partial charge in [0.25, 0.3) is 10.0 Å². The summed E-state index contributed by atoms with van der Waals surface area (Å²) in [5.41, 5.74) is 2.35. The minimum atomic E-state index is -3.99. The monoisotopic (exact) mass is 367 g/mol. The molecule has 1 amide bonds. The number of sulfonamides is 1. The van der Waals surface area contributed by atoms with E-state index in [1.54, 1.807) is 56.3 Å². The van der Waals surface area contributed by atoms with E-state index in [-0.39, 0.29) is 11.4 Å². The van der Waals surface area contributed by atoms with E-state index in [1.807, 2.05) is 13.0 Å². The fourth-order valence-electron chi connectivity index (χ4n) is 2.13. The van der Waals surface area contributed by atoms with Crippen LogP contribution in [0.5, 0.6) is 0 Å². The molecule has 0 aromatic heterocycles. The second kappa shape index (κ2) is 8.50. The molecular weight excluding hydrogens is 346 g/mol. The van der Waals surface area contributed by atoms with Crippen molar-refractivity contribution in [1.29, 1.82) is 0 Å². The van der Waals surface area contributed by atoms with Crippen LogP contribution in [0, 0.1) is 18.8 Å². The Morgan fingerprint density at radius 1 is 1.08 bits per heavy atom. The fourth-order valence-corrected chi connectivity index (χ4v) is 3.50. The van der Waals surface area contributed by atoms with Crippen LogP contribution >= 0.6 is 0 Å². The molecule has 0 saturated carbocycles. The Balaban J connectivity index is 2.41. The molecule has 0 aliphatic carbocycles. The van der Waals surface area contributed by atoms with Crippen molar-refractivity contribution in [1.82, 2.24) is 4.31 Å². The number of hydrogen-bond donors (Lipinski definition) is 0. The fraction of sp³-hybridized carbons (Fsp3) is 0.190. The van der Waals surface area contributed by atoms with Crippen LogP contribution in [0.1, 0.15) is 25.0 Å². The summed E-state index contributed by atoms with van der Waals surface area (Å²) in [5, 5.41) is 0. The van der Waals surface area contributed by atoms with E-state index >= 15 is 0 Å². The quantitative estimate of drug-likeness (QED) is 0.614. The van der Waals surface area contributed by atoms with Gasteiger partial charge in [0, 0.05) is 11.5 Å². The van der Waals surface area contributed by atoms with Crippen molar-refractivity contribution in [2.24, 2.45) is 0 Å². The average Bonchev–Trinajstić information content (AvgIpc) is 2.65. The molecule has 134 valence electrons. The highest BCUT2D eigenvalue weighted by atomic mass is 32.2. The molecule has 26 heavy (non-hydrogen) atoms. The minimum absolute atomic E-state index is 0.0327. The van der Waals surface area contributed by atoms with Crippen molar-refractivity contribution >= 4 is 15.9 Å². The molecule has 4 nitrogen and oxygen atoms in total. The Morgan fingerprint density at radius 2 is 1.69 bits per heavy atom. The molecule has 0 fully saturated rings. The van der Waals surface area contributed by atoms with Gasteiger partial charge in [-0.25, -0.2) is 12.7 Å². The number of benzene rings is 2. The first-order chi connectivity index (χ1) is 12.3. The lowest BCUT2D eigenvalue weighted by Crippen LogP contribution is -2.37. The van der Waals surface area contributed by atoms with Crippen LogP contribution < -0.4 is 0 Å². The lowest BCUT2D eigenvalue weighted by Gasteiger charge is -2.20. The van der Waals surface area contributed by atoms with Crippen molar-refractivity contribution in [2.45, 2.75) is 25.7 Å². The standard InChI is InChI=1S/C21H21NO3S/c1-4-17(2)16-22(21(23)15-12-19-8-6-5-7-9-19)26(24,25)20-13-10-18(3)11-14-20/h4-11,13-14H,16H2,1-3H3/b17-4+. The third-order valence-electron chi connectivity index (χ3n) is 3.81. The maximum atomic E-state index is 13.0. The molecule has 5 heteroatoms. The molecule has 2 aromatic rings. The normalized spacial score (nSPS) is 11.4. The van der Waals surface area contributed by atoms with Crippen molar-refractivity contribution in [3.8, 4) is 11.8 Å². The third-order valence-corrected chi connectivity index (χ3v) is 5.55. The molecule has 0 aliphatic heterocycles. The van der Waals surface area contributed by atoms with Gasteiger partial charge in [-0.15, -0.1) is 0 Å². The number of hydrogen-bond acceptors (Lipinski definition) is 3. The predicted molar refractivity (Wildman–Crippen MR) is 103 cm³/mol. The van der Waals surface area contributed by atoms with Crippen molar-refractivity contribution in [3.63, 3.8) is 0 Å². The summed E-state index contributed by atoms with van der Waals surface area (Å²) in [4.78, 5) is 12.7. The summed E-state index contributed by atoms with van der Waals surface area (Å²) < 4.78 is 26.7. The number of amides is 1. The summed E-state index contributed by atoms with van der Waals surface area (Å²) in [6, 6.07) is 15.4. The predicted octanol–water partition coefficient (Wildman–Crippen LogP) is 3.53. The molecule has 0 atom stereocenters. The molecule has 0 unspecified atom stereocenters. The minimum Gasteiger partial charge on any atom is -0.258 e. The van der Waals surface area contributed by atoms with E-state index in [0.29, 0.717) is 5.56 Å². The van der Waals surface area contributed by atoms with Crippen LogP contribution in [0.2, 0.25) is 0 Å². The summed E-state index contributed by atoms with van der Waals surface area (Å²) in [6.45, 7) is 5.41. The number of carbonyl (C=O) groups excluding carboxylic acids is 1. The molecule has 0 aliphatic rings. The van der Waals surface area contributed by atoms with Crippen LogP contribution in [-0.4, -0.2) is 25.2 Å². The van der Waals surface area contributed by atoms with Crippen LogP contribution in [0.15, 0.2) is 71.1 Å². The first kappa shape index (κ1) is 19.5. The van der Waals surface area contributed by atoms with Crippen molar-refractivity contribution in [2.75, 3.05) is 6.54 Å². The van der Waals surface area contributed by atoms with Gasteiger partial charge in [0.15, 0.2) is 0 Å². The van der Waals surface area contributed by atoms with Crippen molar-refractivity contribution < 1.29 is 13.2 Å². The Labute approximate surface area is 155 Å². The molecule has 0 bridgehead atoms. The second-order valence-corrected chi connectivity index (χ2v) is 7.74. The molecule has 2 rings (SSSR count). The van der Waals surface area contributed by atoms with Gasteiger partial charge in [-0.05, 0) is 45.0 Å². The van der Waals surface area contributed by atoms with Crippen LogP contribution in [-0.2, 0) is 14.8 Å². The van der Waals surface area contributed by atoms with Crippen LogP contribution in [0.25, 0.3) is 0 Å². The van der Waals surface area contributed by atoms with Gasteiger partial charge in [-0.1, -0.05) is 53.5 Å². The van der Waals surface area contributed by atoms with Crippen LogP contribution in [0.4, 0.5) is 0 Å². The highest BCUT2D eigenvalue weighted by molar-refractivity contribution is 7.89. The molecule has 0 heterocycles. The van der Waals surface area contributed by atoms with Gasteiger partial charge in [0.05, 0.1) is 11.4 Å². The third kappa shape index (κ3) is 4.84. The van der Waals surface area contributed by atoms with Crippen molar-refractivity contribution in [3.05, 3.63) is 77.4 Å². The molecule has 0 spiro atoms. The molecule has 0 radical (unpaired) electrons. The zero-order valence-corrected chi connectivity index (χ0v) is 15.9. The Hall–Kier alpha value is -2.84. The number of nitrogens with zero attached hydrogens (tertiary/aromatic N) is 1. The van der Waals surface area contributed by atoms with Crippen LogP contribution in [0.3, 0.4) is 0 Å². The number of allylic oxidation sites excluding steroid dienone is 1. The van der Waals surface area contributed by atoms with Gasteiger partial charge >= 0.3 is 5.91 Å². The summed E-state index contributed by atoms with van der Waals surface area (Å²) >= 11 is 0. The van der Waals surface area contributed by atoms with Gasteiger partial charge in [-0.2, -0.15) is 0 Å². The Kier molecular flexibility index (Phi) is 6.37.